The number of ether oxygens (including phenoxy) is 1. The first-order valence-corrected chi connectivity index (χ1v) is 3.15. The Morgan fingerprint density at radius 3 is 2.67 bits per heavy atom. The lowest BCUT2D eigenvalue weighted by atomic mass is 9.89. The largest absolute Gasteiger partial charge is 0.456 e. The van der Waals surface area contributed by atoms with Crippen LogP contribution in [0, 0.1) is 0 Å². The third-order valence-electron chi connectivity index (χ3n) is 1.83. The number of hydrogen-bond donors (Lipinski definition) is 0. The highest BCUT2D eigenvalue weighted by atomic mass is 16.5. The normalized spacial score (nSPS) is 27.6. The summed E-state index contributed by atoms with van der Waals surface area (Å²) in [6.45, 7) is 0. The summed E-state index contributed by atoms with van der Waals surface area (Å²) in [4.78, 5) is 7.84. The van der Waals surface area contributed by atoms with Crippen LogP contribution in [0.4, 0.5) is 0 Å². The van der Waals surface area contributed by atoms with Crippen LogP contribution in [-0.2, 0) is 4.74 Å². The van der Waals surface area contributed by atoms with Crippen LogP contribution in [0.25, 0.3) is 0 Å². The lowest BCUT2D eigenvalue weighted by molar-refractivity contribution is -0.00577. The molecule has 1 heterocycles. The van der Waals surface area contributed by atoms with E-state index in [0.29, 0.717) is 0 Å². The van der Waals surface area contributed by atoms with Crippen LogP contribution >= 0.6 is 0 Å². The van der Waals surface area contributed by atoms with Gasteiger partial charge in [0, 0.05) is 12.8 Å². The number of hydrogen-bond acceptors (Lipinski definition) is 3. The molecule has 0 unspecified atom stereocenters. The average Bonchev–Trinajstić information content (AvgIpc) is 1.87. The lowest BCUT2D eigenvalue weighted by Gasteiger charge is -2.37. The molecule has 0 radical (unpaired) electrons. The van der Waals surface area contributed by atoms with E-state index in [0.717, 1.165) is 12.8 Å². The summed E-state index contributed by atoms with van der Waals surface area (Å²) in [6, 6.07) is 0. The zero-order valence-electron chi connectivity index (χ0n) is 5.08. The topological polar surface area (TPSA) is 34.0 Å². The van der Waals surface area contributed by atoms with Crippen LogP contribution in [-0.4, -0.2) is 18.5 Å². The van der Waals surface area contributed by atoms with Gasteiger partial charge in [0.1, 0.15) is 6.34 Å². The van der Waals surface area contributed by atoms with Crippen LogP contribution in [0.3, 0.4) is 0 Å². The van der Waals surface area contributed by atoms with Gasteiger partial charge in [0.25, 0.3) is 0 Å². The second-order valence-electron chi connectivity index (χ2n) is 2.42. The van der Waals surface area contributed by atoms with Gasteiger partial charge in [-0.05, 0) is 6.42 Å². The standard InChI is InChI=1S/C6H8N2O/c1-2-6(3-1)8-4-7-5-9-6/h4-5H,1-3H2. The molecule has 0 saturated heterocycles. The second kappa shape index (κ2) is 1.56. The summed E-state index contributed by atoms with van der Waals surface area (Å²) in [5.41, 5.74) is -0.179. The van der Waals surface area contributed by atoms with E-state index in [2.05, 4.69) is 9.98 Å². The van der Waals surface area contributed by atoms with Crippen molar-refractivity contribution in [2.24, 2.45) is 9.98 Å². The molecule has 0 aromatic heterocycles. The maximum absolute atomic E-state index is 5.21. The first-order valence-electron chi connectivity index (χ1n) is 3.15. The zero-order valence-corrected chi connectivity index (χ0v) is 5.08. The molecular weight excluding hydrogens is 116 g/mol. The van der Waals surface area contributed by atoms with Gasteiger partial charge in [0.15, 0.2) is 6.40 Å². The van der Waals surface area contributed by atoms with E-state index >= 15 is 0 Å². The number of aliphatic imine (C=N–C) groups is 2. The Kier molecular flexibility index (Phi) is 0.860. The van der Waals surface area contributed by atoms with Crippen molar-refractivity contribution in [3.05, 3.63) is 0 Å². The Bertz CT molecular complexity index is 170. The Balaban J connectivity index is 2.14. The fourth-order valence-electron chi connectivity index (χ4n) is 1.05. The minimum Gasteiger partial charge on any atom is -0.456 e. The van der Waals surface area contributed by atoms with Crippen molar-refractivity contribution in [1.82, 2.24) is 0 Å². The maximum Gasteiger partial charge on any atom is 0.202 e. The van der Waals surface area contributed by atoms with Gasteiger partial charge >= 0.3 is 0 Å². The quantitative estimate of drug-likeness (QED) is 0.473. The summed E-state index contributed by atoms with van der Waals surface area (Å²) >= 11 is 0. The lowest BCUT2D eigenvalue weighted by Crippen LogP contribution is -2.38. The van der Waals surface area contributed by atoms with Crippen LogP contribution < -0.4 is 0 Å². The van der Waals surface area contributed by atoms with Crippen LogP contribution in [0.2, 0.25) is 0 Å². The monoisotopic (exact) mass is 124 g/mol. The third kappa shape index (κ3) is 0.642. The minimum atomic E-state index is -0.179. The summed E-state index contributed by atoms with van der Waals surface area (Å²) in [7, 11) is 0. The van der Waals surface area contributed by atoms with Crippen LogP contribution in [0.1, 0.15) is 19.3 Å². The Hall–Kier alpha value is -0.860. The molecule has 0 amide bonds. The molecule has 0 bridgehead atoms. The maximum atomic E-state index is 5.21. The molecule has 1 spiro atoms. The summed E-state index contributed by atoms with van der Waals surface area (Å²) in [6.07, 6.45) is 6.38. The number of rotatable bonds is 0. The van der Waals surface area contributed by atoms with Crippen molar-refractivity contribution in [3.63, 3.8) is 0 Å². The van der Waals surface area contributed by atoms with Crippen LogP contribution in [0.5, 0.6) is 0 Å². The van der Waals surface area contributed by atoms with E-state index in [4.69, 9.17) is 4.74 Å². The predicted molar refractivity (Wildman–Crippen MR) is 34.7 cm³/mol. The van der Waals surface area contributed by atoms with Crippen molar-refractivity contribution in [2.75, 3.05) is 0 Å². The van der Waals surface area contributed by atoms with Crippen molar-refractivity contribution in [3.8, 4) is 0 Å². The van der Waals surface area contributed by atoms with E-state index in [-0.39, 0.29) is 5.72 Å². The van der Waals surface area contributed by atoms with E-state index in [1.165, 1.54) is 12.8 Å². The van der Waals surface area contributed by atoms with Gasteiger partial charge in [-0.2, -0.15) is 0 Å². The van der Waals surface area contributed by atoms with E-state index in [1.807, 2.05) is 0 Å². The van der Waals surface area contributed by atoms with Crippen molar-refractivity contribution in [2.45, 2.75) is 25.0 Å². The molecule has 2 rings (SSSR count). The molecule has 1 aliphatic carbocycles. The Morgan fingerprint density at radius 2 is 2.33 bits per heavy atom. The van der Waals surface area contributed by atoms with E-state index in [1.54, 1.807) is 6.34 Å². The predicted octanol–water partition coefficient (Wildman–Crippen LogP) is 0.953. The van der Waals surface area contributed by atoms with Crippen molar-refractivity contribution >= 4 is 12.7 Å². The molecular formula is C6H8N2O. The van der Waals surface area contributed by atoms with Gasteiger partial charge < -0.3 is 4.74 Å². The molecule has 0 N–H and O–H groups in total. The average molecular weight is 124 g/mol. The Morgan fingerprint density at radius 1 is 1.44 bits per heavy atom. The van der Waals surface area contributed by atoms with Gasteiger partial charge in [-0.1, -0.05) is 0 Å². The van der Waals surface area contributed by atoms with Gasteiger partial charge in [-0.15, -0.1) is 0 Å². The van der Waals surface area contributed by atoms with E-state index < -0.39 is 0 Å². The molecule has 0 atom stereocenters. The third-order valence-corrected chi connectivity index (χ3v) is 1.83. The SMILES string of the molecule is C1=NC=NC2(CCC2)O1. The minimum absolute atomic E-state index is 0.179. The summed E-state index contributed by atoms with van der Waals surface area (Å²) in [5.74, 6) is 0. The van der Waals surface area contributed by atoms with Crippen molar-refractivity contribution < 1.29 is 4.74 Å². The highest BCUT2D eigenvalue weighted by Gasteiger charge is 2.38. The number of nitrogens with zero attached hydrogens (tertiary/aromatic N) is 2. The molecule has 0 aromatic carbocycles. The zero-order chi connectivity index (χ0) is 6.16. The molecule has 1 saturated carbocycles. The molecule has 9 heavy (non-hydrogen) atoms. The molecule has 2 aliphatic rings. The molecule has 0 aromatic rings. The molecule has 3 heteroatoms. The molecule has 48 valence electrons. The summed E-state index contributed by atoms with van der Waals surface area (Å²) < 4.78 is 5.21. The van der Waals surface area contributed by atoms with Gasteiger partial charge in [0.2, 0.25) is 5.72 Å². The van der Waals surface area contributed by atoms with Crippen LogP contribution in [0.15, 0.2) is 9.98 Å². The van der Waals surface area contributed by atoms with Gasteiger partial charge in [0.05, 0.1) is 0 Å². The first-order chi connectivity index (χ1) is 4.41. The Labute approximate surface area is 53.5 Å². The highest BCUT2D eigenvalue weighted by molar-refractivity contribution is 5.70. The van der Waals surface area contributed by atoms with Crippen molar-refractivity contribution in [1.29, 1.82) is 0 Å². The van der Waals surface area contributed by atoms with Gasteiger partial charge in [-0.3, -0.25) is 0 Å². The highest BCUT2D eigenvalue weighted by Crippen LogP contribution is 2.36. The molecule has 1 aliphatic heterocycles. The van der Waals surface area contributed by atoms with E-state index in [9.17, 15) is 0 Å². The molecule has 3 nitrogen and oxygen atoms in total. The fourth-order valence-corrected chi connectivity index (χ4v) is 1.05. The molecule has 1 fully saturated rings. The fraction of sp³-hybridized carbons (Fsp3) is 0.667. The van der Waals surface area contributed by atoms with Gasteiger partial charge in [-0.25, -0.2) is 9.98 Å². The smallest absolute Gasteiger partial charge is 0.202 e. The first kappa shape index (κ1) is 4.97. The summed E-state index contributed by atoms with van der Waals surface area (Å²) in [5, 5.41) is 0. The second-order valence-corrected chi connectivity index (χ2v) is 2.42.